The highest BCUT2D eigenvalue weighted by molar-refractivity contribution is 6.32. The summed E-state index contributed by atoms with van der Waals surface area (Å²) < 4.78 is 4.78. The van der Waals surface area contributed by atoms with Crippen molar-refractivity contribution < 1.29 is 24.2 Å². The van der Waals surface area contributed by atoms with Gasteiger partial charge in [-0.25, -0.2) is 4.79 Å². The van der Waals surface area contributed by atoms with Crippen molar-refractivity contribution >= 4 is 11.8 Å². The first kappa shape index (κ1) is 9.47. The molecule has 1 aromatic rings. The number of Topliss-reactive ketones (excluding diaryl/α,β-unsaturated/α-hetero) is 1. The minimum Gasteiger partial charge on any atom is -0.475 e. The fourth-order valence-electron chi connectivity index (χ4n) is 0.844. The standard InChI is InChI=1S/C8H8O5/c9-5(4-6(10)8(11)12)7-2-1-3-13-7/h1-3,5,9H,4H2,(H,11,12). The number of aliphatic carboxylic acids is 1. The van der Waals surface area contributed by atoms with Crippen molar-refractivity contribution in [2.45, 2.75) is 12.5 Å². The second-order valence-electron chi connectivity index (χ2n) is 2.46. The van der Waals surface area contributed by atoms with Gasteiger partial charge in [0.2, 0.25) is 5.78 Å². The number of aliphatic hydroxyl groups excluding tert-OH is 1. The van der Waals surface area contributed by atoms with Crippen LogP contribution in [0.25, 0.3) is 0 Å². The van der Waals surface area contributed by atoms with Crippen molar-refractivity contribution in [2.24, 2.45) is 0 Å². The van der Waals surface area contributed by atoms with Crippen molar-refractivity contribution in [2.75, 3.05) is 0 Å². The van der Waals surface area contributed by atoms with Gasteiger partial charge in [0.25, 0.3) is 0 Å². The van der Waals surface area contributed by atoms with Crippen LogP contribution in [0, 0.1) is 0 Å². The second-order valence-corrected chi connectivity index (χ2v) is 2.46. The quantitative estimate of drug-likeness (QED) is 0.659. The van der Waals surface area contributed by atoms with Gasteiger partial charge in [0.15, 0.2) is 0 Å². The largest absolute Gasteiger partial charge is 0.475 e. The second kappa shape index (κ2) is 3.86. The van der Waals surface area contributed by atoms with Gasteiger partial charge in [0.1, 0.15) is 11.9 Å². The highest BCUT2D eigenvalue weighted by Gasteiger charge is 2.19. The Bertz CT molecular complexity index is 300. The molecule has 0 aliphatic rings. The minimum absolute atomic E-state index is 0.189. The Morgan fingerprint density at radius 3 is 2.69 bits per heavy atom. The summed E-state index contributed by atoms with van der Waals surface area (Å²) in [5.41, 5.74) is 0. The third kappa shape index (κ3) is 2.41. The van der Waals surface area contributed by atoms with E-state index >= 15 is 0 Å². The maximum atomic E-state index is 10.6. The van der Waals surface area contributed by atoms with E-state index in [-0.39, 0.29) is 5.76 Å². The normalized spacial score (nSPS) is 12.4. The lowest BCUT2D eigenvalue weighted by Crippen LogP contribution is -2.15. The molecule has 0 amide bonds. The lowest BCUT2D eigenvalue weighted by molar-refractivity contribution is -0.150. The summed E-state index contributed by atoms with van der Waals surface area (Å²) in [4.78, 5) is 20.8. The Kier molecular flexibility index (Phi) is 2.81. The zero-order chi connectivity index (χ0) is 9.84. The summed E-state index contributed by atoms with van der Waals surface area (Å²) in [6, 6.07) is 3.02. The van der Waals surface area contributed by atoms with Crippen LogP contribution in [0.5, 0.6) is 0 Å². The average Bonchev–Trinajstić information content (AvgIpc) is 2.55. The van der Waals surface area contributed by atoms with Crippen LogP contribution < -0.4 is 0 Å². The molecular weight excluding hydrogens is 176 g/mol. The van der Waals surface area contributed by atoms with E-state index in [4.69, 9.17) is 9.52 Å². The van der Waals surface area contributed by atoms with Crippen LogP contribution in [-0.2, 0) is 9.59 Å². The van der Waals surface area contributed by atoms with Crippen molar-refractivity contribution in [3.63, 3.8) is 0 Å². The summed E-state index contributed by atoms with van der Waals surface area (Å²) in [5, 5.41) is 17.5. The van der Waals surface area contributed by atoms with Gasteiger partial charge in [-0.1, -0.05) is 0 Å². The van der Waals surface area contributed by atoms with Crippen molar-refractivity contribution in [3.05, 3.63) is 24.2 Å². The monoisotopic (exact) mass is 184 g/mol. The number of hydrogen-bond acceptors (Lipinski definition) is 4. The van der Waals surface area contributed by atoms with E-state index in [0.717, 1.165) is 0 Å². The zero-order valence-electron chi connectivity index (χ0n) is 6.64. The minimum atomic E-state index is -1.55. The third-order valence-corrected chi connectivity index (χ3v) is 1.49. The molecule has 0 spiro atoms. The van der Waals surface area contributed by atoms with Crippen molar-refractivity contribution in [1.82, 2.24) is 0 Å². The number of ketones is 1. The summed E-state index contributed by atoms with van der Waals surface area (Å²) in [5.74, 6) is -2.40. The van der Waals surface area contributed by atoms with Crippen LogP contribution in [0.15, 0.2) is 22.8 Å². The molecule has 0 bridgehead atoms. The zero-order valence-corrected chi connectivity index (χ0v) is 6.64. The molecule has 0 saturated carbocycles. The van der Waals surface area contributed by atoms with Gasteiger partial charge in [0.05, 0.1) is 12.7 Å². The van der Waals surface area contributed by atoms with Crippen LogP contribution in [0.1, 0.15) is 18.3 Å². The number of carbonyl (C=O) groups excluding carboxylic acids is 1. The van der Waals surface area contributed by atoms with Crippen LogP contribution in [0.3, 0.4) is 0 Å². The number of aliphatic hydroxyl groups is 1. The molecule has 0 fully saturated rings. The molecule has 1 aromatic heterocycles. The van der Waals surface area contributed by atoms with E-state index < -0.39 is 24.3 Å². The summed E-state index contributed by atoms with van der Waals surface area (Å²) in [6.07, 6.45) is -0.314. The fraction of sp³-hybridized carbons (Fsp3) is 0.250. The smallest absolute Gasteiger partial charge is 0.372 e. The van der Waals surface area contributed by atoms with Crippen molar-refractivity contribution in [1.29, 1.82) is 0 Å². The molecule has 5 heteroatoms. The summed E-state index contributed by atoms with van der Waals surface area (Å²) in [6.45, 7) is 0. The number of carboxylic acids is 1. The van der Waals surface area contributed by atoms with Gasteiger partial charge in [-0.05, 0) is 12.1 Å². The highest BCUT2D eigenvalue weighted by atomic mass is 16.4. The van der Waals surface area contributed by atoms with E-state index in [1.807, 2.05) is 0 Å². The molecule has 1 atom stereocenters. The van der Waals surface area contributed by atoms with E-state index in [0.29, 0.717) is 0 Å². The third-order valence-electron chi connectivity index (χ3n) is 1.49. The predicted molar refractivity (Wildman–Crippen MR) is 40.9 cm³/mol. The molecule has 0 aliphatic heterocycles. The number of furan rings is 1. The first-order valence-corrected chi connectivity index (χ1v) is 3.59. The van der Waals surface area contributed by atoms with Gasteiger partial charge in [-0.3, -0.25) is 4.79 Å². The van der Waals surface area contributed by atoms with Crippen LogP contribution in [0.2, 0.25) is 0 Å². The molecule has 0 aromatic carbocycles. The van der Waals surface area contributed by atoms with Crippen LogP contribution in [0.4, 0.5) is 0 Å². The molecule has 1 unspecified atom stereocenters. The van der Waals surface area contributed by atoms with Gasteiger partial charge < -0.3 is 14.6 Å². The number of rotatable bonds is 4. The topological polar surface area (TPSA) is 87.7 Å². The first-order valence-electron chi connectivity index (χ1n) is 3.59. The summed E-state index contributed by atoms with van der Waals surface area (Å²) >= 11 is 0. The maximum absolute atomic E-state index is 10.6. The lowest BCUT2D eigenvalue weighted by atomic mass is 10.1. The molecule has 5 nitrogen and oxygen atoms in total. The van der Waals surface area contributed by atoms with E-state index in [9.17, 15) is 14.7 Å². The van der Waals surface area contributed by atoms with Gasteiger partial charge in [-0.2, -0.15) is 0 Å². The fourth-order valence-corrected chi connectivity index (χ4v) is 0.844. The molecule has 70 valence electrons. The molecule has 0 radical (unpaired) electrons. The van der Waals surface area contributed by atoms with E-state index in [1.165, 1.54) is 12.3 Å². The molecule has 1 rings (SSSR count). The Hall–Kier alpha value is -1.62. The van der Waals surface area contributed by atoms with Gasteiger partial charge >= 0.3 is 5.97 Å². The Labute approximate surface area is 73.6 Å². The molecule has 13 heavy (non-hydrogen) atoms. The van der Waals surface area contributed by atoms with Gasteiger partial charge in [-0.15, -0.1) is 0 Å². The molecular formula is C8H8O5. The number of carbonyl (C=O) groups is 2. The molecule has 0 saturated heterocycles. The first-order chi connectivity index (χ1) is 6.11. The highest BCUT2D eigenvalue weighted by Crippen LogP contribution is 2.16. The summed E-state index contributed by atoms with van der Waals surface area (Å²) in [7, 11) is 0. The average molecular weight is 184 g/mol. The molecule has 0 aliphatic carbocycles. The Morgan fingerprint density at radius 1 is 1.54 bits per heavy atom. The lowest BCUT2D eigenvalue weighted by Gasteiger charge is -2.03. The number of carboxylic acid groups (broad SMARTS) is 1. The van der Waals surface area contributed by atoms with Gasteiger partial charge in [0, 0.05) is 0 Å². The predicted octanol–water partition coefficient (Wildman–Crippen LogP) is 0.357. The Balaban J connectivity index is 2.56. The van der Waals surface area contributed by atoms with Crippen LogP contribution in [-0.4, -0.2) is 22.0 Å². The Morgan fingerprint density at radius 2 is 2.23 bits per heavy atom. The number of hydrogen-bond donors (Lipinski definition) is 2. The maximum Gasteiger partial charge on any atom is 0.372 e. The van der Waals surface area contributed by atoms with Crippen LogP contribution >= 0.6 is 0 Å². The molecule has 2 N–H and O–H groups in total. The van der Waals surface area contributed by atoms with Crippen molar-refractivity contribution in [3.8, 4) is 0 Å². The SMILES string of the molecule is O=C(O)C(=O)CC(O)c1ccco1. The van der Waals surface area contributed by atoms with E-state index in [2.05, 4.69) is 0 Å². The van der Waals surface area contributed by atoms with E-state index in [1.54, 1.807) is 6.07 Å². The molecule has 1 heterocycles.